The Morgan fingerprint density at radius 1 is 0.221 bits per heavy atom. The van der Waals surface area contributed by atoms with E-state index in [0.29, 0.717) is 0 Å². The Balaban J connectivity index is 0.835. The van der Waals surface area contributed by atoms with Crippen molar-refractivity contribution in [3.05, 3.63) is 330 Å². The maximum atomic E-state index is 6.67. The number of nitrogens with zero attached hydrogens (tertiary/aromatic N) is 1. The van der Waals surface area contributed by atoms with E-state index in [2.05, 4.69) is 290 Å². The zero-order valence-corrected chi connectivity index (χ0v) is 41.9. The molecule has 2 aliphatic carbocycles. The number of anilines is 3. The van der Waals surface area contributed by atoms with E-state index in [-0.39, 0.29) is 0 Å². The minimum Gasteiger partial charge on any atom is -0.457 e. The Kier molecular flexibility index (Phi) is 9.47. The second-order valence-corrected chi connectivity index (χ2v) is 20.6. The Hall–Kier alpha value is -9.96. The molecule has 0 amide bonds. The van der Waals surface area contributed by atoms with Crippen molar-refractivity contribution in [3.8, 4) is 78.6 Å². The predicted octanol–water partition coefficient (Wildman–Crippen LogP) is 19.1. The van der Waals surface area contributed by atoms with Gasteiger partial charge in [-0.05, 0) is 145 Å². The van der Waals surface area contributed by atoms with E-state index in [1.807, 2.05) is 0 Å². The van der Waals surface area contributed by atoms with Crippen LogP contribution in [-0.2, 0) is 10.8 Å². The third kappa shape index (κ3) is 6.20. The van der Waals surface area contributed by atoms with Crippen molar-refractivity contribution < 1.29 is 9.47 Å². The second-order valence-electron chi connectivity index (χ2n) is 20.6. The van der Waals surface area contributed by atoms with Gasteiger partial charge in [0, 0.05) is 39.3 Å². The lowest BCUT2D eigenvalue weighted by Crippen LogP contribution is -2.32. The Labute approximate surface area is 448 Å². The van der Waals surface area contributed by atoms with Gasteiger partial charge in [0.15, 0.2) is 0 Å². The van der Waals surface area contributed by atoms with Gasteiger partial charge in [-0.25, -0.2) is 0 Å². The molecule has 12 aromatic carbocycles. The van der Waals surface area contributed by atoms with Gasteiger partial charge in [-0.15, -0.1) is 0 Å². The van der Waals surface area contributed by atoms with Gasteiger partial charge >= 0.3 is 0 Å². The van der Waals surface area contributed by atoms with Crippen LogP contribution in [0.5, 0.6) is 23.0 Å². The summed E-state index contributed by atoms with van der Waals surface area (Å²) in [6, 6.07) is 104. The van der Waals surface area contributed by atoms with E-state index in [1.54, 1.807) is 0 Å². The fourth-order valence-electron chi connectivity index (χ4n) is 13.7. The van der Waals surface area contributed by atoms with Crippen molar-refractivity contribution in [2.45, 2.75) is 10.8 Å². The van der Waals surface area contributed by atoms with Crippen molar-refractivity contribution in [1.29, 1.82) is 0 Å². The van der Waals surface area contributed by atoms with Crippen molar-refractivity contribution >= 4 is 17.1 Å². The normalized spacial score (nSPS) is 13.9. The Morgan fingerprint density at radius 3 is 1.22 bits per heavy atom. The van der Waals surface area contributed by atoms with Gasteiger partial charge in [0.05, 0.1) is 10.8 Å². The molecule has 77 heavy (non-hydrogen) atoms. The first-order valence-electron chi connectivity index (χ1n) is 26.6. The van der Waals surface area contributed by atoms with Gasteiger partial charge in [0.25, 0.3) is 0 Å². The number of para-hydroxylation sites is 4. The summed E-state index contributed by atoms with van der Waals surface area (Å²) in [5.74, 6) is 3.58. The minimum atomic E-state index is -0.554. The number of rotatable bonds is 6. The van der Waals surface area contributed by atoms with E-state index < -0.39 is 10.8 Å². The van der Waals surface area contributed by atoms with Gasteiger partial charge < -0.3 is 14.4 Å². The fourth-order valence-corrected chi connectivity index (χ4v) is 13.7. The van der Waals surface area contributed by atoms with E-state index in [4.69, 9.17) is 9.47 Å². The number of fused-ring (bicyclic) bond motifs is 18. The summed E-state index contributed by atoms with van der Waals surface area (Å²) in [6.07, 6.45) is 0. The summed E-state index contributed by atoms with van der Waals surface area (Å²) in [5.41, 5.74) is 23.9. The van der Waals surface area contributed by atoms with Gasteiger partial charge in [0.2, 0.25) is 0 Å². The van der Waals surface area contributed by atoms with Gasteiger partial charge in [-0.2, -0.15) is 0 Å². The molecule has 3 heteroatoms. The lowest BCUT2D eigenvalue weighted by Gasteiger charge is -2.39. The largest absolute Gasteiger partial charge is 0.457 e. The highest BCUT2D eigenvalue weighted by Crippen LogP contribution is 2.65. The number of hydrogen-bond acceptors (Lipinski definition) is 3. The molecule has 2 aliphatic heterocycles. The molecule has 0 atom stereocenters. The molecule has 0 saturated heterocycles. The van der Waals surface area contributed by atoms with Crippen LogP contribution in [0.15, 0.2) is 285 Å². The van der Waals surface area contributed by atoms with E-state index >= 15 is 0 Å². The van der Waals surface area contributed by atoms with Crippen LogP contribution in [0.4, 0.5) is 17.1 Å². The van der Waals surface area contributed by atoms with E-state index in [9.17, 15) is 0 Å². The van der Waals surface area contributed by atoms with Crippen LogP contribution in [0.25, 0.3) is 55.6 Å². The molecule has 12 aromatic rings. The van der Waals surface area contributed by atoms with Crippen molar-refractivity contribution in [2.75, 3.05) is 4.90 Å². The molecule has 0 saturated carbocycles. The molecule has 360 valence electrons. The fraction of sp³-hybridized carbons (Fsp3) is 0.0270. The third-order valence-electron chi connectivity index (χ3n) is 16.8. The van der Waals surface area contributed by atoms with Crippen molar-refractivity contribution in [1.82, 2.24) is 0 Å². The lowest BCUT2D eigenvalue weighted by atomic mass is 9.66. The number of hydrogen-bond donors (Lipinski definition) is 0. The van der Waals surface area contributed by atoms with Crippen LogP contribution in [0.1, 0.15) is 44.5 Å². The summed E-state index contributed by atoms with van der Waals surface area (Å²) in [6.45, 7) is 0. The molecule has 2 spiro atoms. The molecule has 2 heterocycles. The van der Waals surface area contributed by atoms with Crippen LogP contribution in [0.2, 0.25) is 0 Å². The van der Waals surface area contributed by atoms with Gasteiger partial charge in [-0.1, -0.05) is 218 Å². The standard InChI is InChI=1S/C74H47NO2/c1-2-19-48(20-3-1)50-21-16-23-54(45-50)75(53-42-39-49(40-43-53)51-41-44-62-59(47-51)57-25-4-6-28-60(57)73(62)63-30-8-12-35-68(63)76-69-36-13-9-31-64(69)73)55-24-17-22-52(46-55)56-27-18-34-67-72(56)58-26-5-7-29-61(58)74(67)65-32-10-14-37-70(65)77-71-38-15-11-33-66(71)74/h1-47H. The Morgan fingerprint density at radius 2 is 0.610 bits per heavy atom. The number of benzene rings is 12. The monoisotopic (exact) mass is 981 g/mol. The van der Waals surface area contributed by atoms with Crippen LogP contribution in [-0.4, -0.2) is 0 Å². The van der Waals surface area contributed by atoms with Crippen molar-refractivity contribution in [2.24, 2.45) is 0 Å². The maximum Gasteiger partial charge on any atom is 0.132 e. The molecule has 0 unspecified atom stereocenters. The maximum absolute atomic E-state index is 6.67. The molecular formula is C74H47NO2. The van der Waals surface area contributed by atoms with E-state index in [1.165, 1.54) is 72.3 Å². The molecule has 4 aliphatic rings. The van der Waals surface area contributed by atoms with Gasteiger partial charge in [-0.3, -0.25) is 0 Å². The average molecular weight is 982 g/mol. The molecule has 0 radical (unpaired) electrons. The smallest absolute Gasteiger partial charge is 0.132 e. The molecule has 3 nitrogen and oxygen atoms in total. The van der Waals surface area contributed by atoms with E-state index in [0.717, 1.165) is 67.9 Å². The summed E-state index contributed by atoms with van der Waals surface area (Å²) in [5, 5.41) is 0. The quantitative estimate of drug-likeness (QED) is 0.166. The van der Waals surface area contributed by atoms with Crippen LogP contribution in [0, 0.1) is 0 Å². The zero-order valence-electron chi connectivity index (χ0n) is 41.9. The van der Waals surface area contributed by atoms with Crippen molar-refractivity contribution in [3.63, 3.8) is 0 Å². The highest BCUT2D eigenvalue weighted by molar-refractivity contribution is 5.98. The van der Waals surface area contributed by atoms with Crippen LogP contribution < -0.4 is 14.4 Å². The highest BCUT2D eigenvalue weighted by atomic mass is 16.5. The average Bonchev–Trinajstić information content (AvgIpc) is 4.17. The summed E-state index contributed by atoms with van der Waals surface area (Å²) < 4.78 is 13.3. The summed E-state index contributed by atoms with van der Waals surface area (Å²) >= 11 is 0. The minimum absolute atomic E-state index is 0.505. The highest BCUT2D eigenvalue weighted by Gasteiger charge is 2.53. The van der Waals surface area contributed by atoms with Crippen LogP contribution in [0.3, 0.4) is 0 Å². The molecule has 16 rings (SSSR count). The molecule has 0 bridgehead atoms. The summed E-state index contributed by atoms with van der Waals surface area (Å²) in [7, 11) is 0. The first-order chi connectivity index (χ1) is 38.2. The predicted molar refractivity (Wildman–Crippen MR) is 312 cm³/mol. The third-order valence-corrected chi connectivity index (χ3v) is 16.8. The lowest BCUT2D eigenvalue weighted by molar-refractivity contribution is 0.436. The molecule has 0 aromatic heterocycles. The number of ether oxygens (including phenoxy) is 2. The zero-order chi connectivity index (χ0) is 50.7. The first-order valence-corrected chi connectivity index (χ1v) is 26.6. The first kappa shape index (κ1) is 43.4. The topological polar surface area (TPSA) is 21.7 Å². The molecule has 0 fully saturated rings. The SMILES string of the molecule is c1ccc(-c2cccc(N(c3ccc(-c4ccc5c(c4)-c4ccccc4C54c5ccccc5Oc5ccccc54)cc3)c3cccc(-c4cccc5c4-c4ccccc4C54c5ccccc5Oc5ccccc54)c3)c2)cc1. The van der Waals surface area contributed by atoms with Crippen LogP contribution >= 0.6 is 0 Å². The second kappa shape index (κ2) is 16.8. The summed E-state index contributed by atoms with van der Waals surface area (Å²) in [4.78, 5) is 2.41. The molecule has 0 N–H and O–H groups in total. The Bertz CT molecular complexity index is 4270. The molecular weight excluding hydrogens is 935 g/mol. The van der Waals surface area contributed by atoms with Gasteiger partial charge in [0.1, 0.15) is 23.0 Å².